The second-order valence-corrected chi connectivity index (χ2v) is 5.44. The van der Waals surface area contributed by atoms with Crippen LogP contribution in [0, 0.1) is 0 Å². The van der Waals surface area contributed by atoms with Gasteiger partial charge in [0, 0.05) is 24.0 Å². The lowest BCUT2D eigenvalue weighted by atomic mass is 10.2. The summed E-state index contributed by atoms with van der Waals surface area (Å²) < 4.78 is 28.4. The highest BCUT2D eigenvalue weighted by molar-refractivity contribution is 9.09. The average Bonchev–Trinajstić information content (AvgIpc) is 2.26. The molecule has 6 heteroatoms. The fraction of sp³-hybridized carbons (Fsp3) is 0.417. The van der Waals surface area contributed by atoms with Crippen LogP contribution in [-0.2, 0) is 0 Å². The van der Waals surface area contributed by atoms with Crippen LogP contribution in [0.5, 0.6) is 5.75 Å². The number of halogens is 3. The molecule has 0 saturated carbocycles. The maximum absolute atomic E-state index is 12.1. The first-order valence-electron chi connectivity index (χ1n) is 5.34. The number of hydrogen-bond acceptors (Lipinski definition) is 2. The highest BCUT2D eigenvalue weighted by Crippen LogP contribution is 2.17. The third-order valence-electron chi connectivity index (χ3n) is 2.18. The van der Waals surface area contributed by atoms with E-state index in [0.717, 1.165) is 0 Å². The van der Waals surface area contributed by atoms with Gasteiger partial charge in [0.05, 0.1) is 0 Å². The Labute approximate surface area is 113 Å². The Hall–Kier alpha value is -1.17. The van der Waals surface area contributed by atoms with E-state index in [0.29, 0.717) is 12.1 Å². The minimum Gasteiger partial charge on any atom is -0.435 e. The number of benzene rings is 1. The summed E-state index contributed by atoms with van der Waals surface area (Å²) in [6, 6.07) is 5.77. The van der Waals surface area contributed by atoms with Gasteiger partial charge < -0.3 is 9.64 Å². The molecule has 0 radical (unpaired) electrons. The second kappa shape index (κ2) is 6.68. The van der Waals surface area contributed by atoms with Crippen LogP contribution in [0.3, 0.4) is 0 Å². The van der Waals surface area contributed by atoms with Gasteiger partial charge in [-0.05, 0) is 18.2 Å². The number of rotatable bonds is 5. The fourth-order valence-electron chi connectivity index (χ4n) is 1.49. The predicted octanol–water partition coefficient (Wildman–Crippen LogP) is 3.14. The zero-order chi connectivity index (χ0) is 13.7. The summed E-state index contributed by atoms with van der Waals surface area (Å²) in [7, 11) is 1.65. The third-order valence-corrected chi connectivity index (χ3v) is 2.47. The zero-order valence-electron chi connectivity index (χ0n) is 10.1. The third kappa shape index (κ3) is 4.60. The van der Waals surface area contributed by atoms with Crippen molar-refractivity contribution in [2.75, 3.05) is 13.6 Å². The first-order valence-corrected chi connectivity index (χ1v) is 6.26. The molecule has 1 aromatic rings. The summed E-state index contributed by atoms with van der Waals surface area (Å²) >= 11 is 3.35. The van der Waals surface area contributed by atoms with Crippen LogP contribution in [0.4, 0.5) is 8.78 Å². The van der Waals surface area contributed by atoms with Gasteiger partial charge in [0.25, 0.3) is 5.91 Å². The summed E-state index contributed by atoms with van der Waals surface area (Å²) in [6.07, 6.45) is 0. The minimum absolute atomic E-state index is 0.0175. The Morgan fingerprint density at radius 1 is 1.50 bits per heavy atom. The summed E-state index contributed by atoms with van der Waals surface area (Å²) in [5.41, 5.74) is 0.323. The number of alkyl halides is 3. The molecular weight excluding hydrogens is 308 g/mol. The van der Waals surface area contributed by atoms with Crippen molar-refractivity contribution in [3.8, 4) is 5.75 Å². The molecule has 0 aliphatic heterocycles. The number of amides is 1. The second-order valence-electron chi connectivity index (χ2n) is 3.87. The highest BCUT2D eigenvalue weighted by atomic mass is 79.9. The molecule has 0 heterocycles. The minimum atomic E-state index is -2.89. The molecule has 1 aromatic carbocycles. The molecule has 1 unspecified atom stereocenters. The van der Waals surface area contributed by atoms with E-state index >= 15 is 0 Å². The van der Waals surface area contributed by atoms with Gasteiger partial charge in [-0.1, -0.05) is 28.9 Å². The highest BCUT2D eigenvalue weighted by Gasteiger charge is 2.14. The van der Waals surface area contributed by atoms with Gasteiger partial charge in [-0.15, -0.1) is 0 Å². The molecule has 3 nitrogen and oxygen atoms in total. The van der Waals surface area contributed by atoms with Gasteiger partial charge in [-0.2, -0.15) is 8.78 Å². The average molecular weight is 322 g/mol. The van der Waals surface area contributed by atoms with E-state index in [-0.39, 0.29) is 16.5 Å². The Balaban J connectivity index is 2.79. The number of hydrogen-bond donors (Lipinski definition) is 0. The van der Waals surface area contributed by atoms with Crippen molar-refractivity contribution in [1.82, 2.24) is 4.90 Å². The largest absolute Gasteiger partial charge is 0.435 e. The lowest BCUT2D eigenvalue weighted by molar-refractivity contribution is -0.0498. The quantitative estimate of drug-likeness (QED) is 0.780. The summed E-state index contributed by atoms with van der Waals surface area (Å²) in [5.74, 6) is -0.253. The lowest BCUT2D eigenvalue weighted by Gasteiger charge is -2.18. The van der Waals surface area contributed by atoms with E-state index in [1.54, 1.807) is 13.1 Å². The first kappa shape index (κ1) is 14.9. The molecule has 0 bridgehead atoms. The topological polar surface area (TPSA) is 29.5 Å². The van der Waals surface area contributed by atoms with Crippen LogP contribution in [0.15, 0.2) is 24.3 Å². The number of nitrogens with zero attached hydrogens (tertiary/aromatic N) is 1. The molecule has 0 saturated heterocycles. The molecule has 0 aliphatic rings. The van der Waals surface area contributed by atoms with E-state index in [1.807, 2.05) is 6.92 Å². The molecule has 1 atom stereocenters. The van der Waals surface area contributed by atoms with Crippen molar-refractivity contribution in [3.63, 3.8) is 0 Å². The Morgan fingerprint density at radius 3 is 2.72 bits per heavy atom. The molecule has 0 aromatic heterocycles. The van der Waals surface area contributed by atoms with Crippen LogP contribution in [0.1, 0.15) is 17.3 Å². The van der Waals surface area contributed by atoms with Gasteiger partial charge in [0.15, 0.2) is 0 Å². The van der Waals surface area contributed by atoms with E-state index in [2.05, 4.69) is 20.7 Å². The fourth-order valence-corrected chi connectivity index (χ4v) is 1.92. The maximum atomic E-state index is 12.1. The van der Waals surface area contributed by atoms with Crippen molar-refractivity contribution < 1.29 is 18.3 Å². The van der Waals surface area contributed by atoms with E-state index < -0.39 is 6.61 Å². The molecular formula is C12H14BrF2NO2. The van der Waals surface area contributed by atoms with Crippen molar-refractivity contribution in [1.29, 1.82) is 0 Å². The van der Waals surface area contributed by atoms with Gasteiger partial charge in [-0.3, -0.25) is 4.79 Å². The van der Waals surface area contributed by atoms with Crippen LogP contribution in [0.25, 0.3) is 0 Å². The molecule has 18 heavy (non-hydrogen) atoms. The van der Waals surface area contributed by atoms with Crippen LogP contribution in [0.2, 0.25) is 0 Å². The van der Waals surface area contributed by atoms with Gasteiger partial charge in [0.1, 0.15) is 5.75 Å². The SMILES string of the molecule is CC(Br)CN(C)C(=O)c1cccc(OC(F)F)c1. The monoisotopic (exact) mass is 321 g/mol. The molecule has 1 rings (SSSR count). The number of ether oxygens (including phenoxy) is 1. The van der Waals surface area contributed by atoms with Gasteiger partial charge >= 0.3 is 6.61 Å². The summed E-state index contributed by atoms with van der Waals surface area (Å²) in [5, 5.41) is 0. The molecule has 0 spiro atoms. The predicted molar refractivity (Wildman–Crippen MR) is 68.4 cm³/mol. The molecule has 0 N–H and O–H groups in total. The Kier molecular flexibility index (Phi) is 5.53. The Bertz CT molecular complexity index is 413. The number of carbonyl (C=O) groups excluding carboxylic acids is 1. The molecule has 1 amide bonds. The maximum Gasteiger partial charge on any atom is 0.387 e. The summed E-state index contributed by atoms with van der Waals surface area (Å²) in [6.45, 7) is -0.450. The van der Waals surface area contributed by atoms with Crippen molar-refractivity contribution in [2.45, 2.75) is 18.4 Å². The van der Waals surface area contributed by atoms with Crippen molar-refractivity contribution in [3.05, 3.63) is 29.8 Å². The van der Waals surface area contributed by atoms with Crippen molar-refractivity contribution >= 4 is 21.8 Å². The number of carbonyl (C=O) groups is 1. The van der Waals surface area contributed by atoms with E-state index in [1.165, 1.54) is 23.1 Å². The molecule has 0 fully saturated rings. The molecule has 0 aliphatic carbocycles. The van der Waals surface area contributed by atoms with Crippen LogP contribution >= 0.6 is 15.9 Å². The summed E-state index contributed by atoms with van der Waals surface area (Å²) in [4.78, 5) is 13.7. The van der Waals surface area contributed by atoms with Gasteiger partial charge in [-0.25, -0.2) is 0 Å². The van der Waals surface area contributed by atoms with E-state index in [9.17, 15) is 13.6 Å². The normalized spacial score (nSPS) is 12.3. The zero-order valence-corrected chi connectivity index (χ0v) is 11.7. The molecule has 100 valence electrons. The first-order chi connectivity index (χ1) is 8.40. The van der Waals surface area contributed by atoms with E-state index in [4.69, 9.17) is 0 Å². The lowest BCUT2D eigenvalue weighted by Crippen LogP contribution is -2.31. The van der Waals surface area contributed by atoms with Crippen LogP contribution in [-0.4, -0.2) is 35.8 Å². The smallest absolute Gasteiger partial charge is 0.387 e. The standard InChI is InChI=1S/C12H14BrF2NO2/c1-8(13)7-16(2)11(17)9-4-3-5-10(6-9)18-12(14)15/h3-6,8,12H,7H2,1-2H3. The van der Waals surface area contributed by atoms with Crippen molar-refractivity contribution in [2.24, 2.45) is 0 Å². The van der Waals surface area contributed by atoms with Gasteiger partial charge in [0.2, 0.25) is 0 Å². The van der Waals surface area contributed by atoms with Crippen LogP contribution < -0.4 is 4.74 Å². The Morgan fingerprint density at radius 2 is 2.17 bits per heavy atom.